The molecule has 22 heavy (non-hydrogen) atoms. The molecule has 2 heterocycles. The number of aliphatic hydroxyl groups is 1. The van der Waals surface area contributed by atoms with Gasteiger partial charge in [0.25, 0.3) is 5.56 Å². The quantitative estimate of drug-likeness (QED) is 0.574. The Kier molecular flexibility index (Phi) is 5.00. The van der Waals surface area contributed by atoms with Crippen molar-refractivity contribution >= 4 is 8.25 Å². The molecule has 1 aromatic rings. The van der Waals surface area contributed by atoms with Crippen molar-refractivity contribution in [1.82, 2.24) is 9.55 Å². The Bertz CT molecular complexity index is 679. The fourth-order valence-electron chi connectivity index (χ4n) is 2.33. The van der Waals surface area contributed by atoms with Crippen LogP contribution in [0.3, 0.4) is 0 Å². The van der Waals surface area contributed by atoms with E-state index < -0.39 is 44.2 Å². The van der Waals surface area contributed by atoms with E-state index in [0.29, 0.717) is 0 Å². The van der Waals surface area contributed by atoms with Gasteiger partial charge in [-0.25, -0.2) is 4.79 Å². The molecule has 124 valence electrons. The summed E-state index contributed by atoms with van der Waals surface area (Å²) in [6.07, 6.45) is -0.699. The van der Waals surface area contributed by atoms with Crippen LogP contribution in [0.1, 0.15) is 18.2 Å². The van der Waals surface area contributed by atoms with Crippen LogP contribution < -0.4 is 11.2 Å². The molecule has 10 nitrogen and oxygen atoms in total. The van der Waals surface area contributed by atoms with Gasteiger partial charge in [0.15, 0.2) is 0 Å². The minimum absolute atomic E-state index is 0.0171. The van der Waals surface area contributed by atoms with Crippen LogP contribution in [0.5, 0.6) is 0 Å². The minimum atomic E-state index is -3.30. The molecule has 0 aromatic carbocycles. The smallest absolute Gasteiger partial charge is 0.330 e. The molecule has 0 bridgehead atoms. The molecular formula is C11H17N2O8P. The lowest BCUT2D eigenvalue weighted by Crippen LogP contribution is -2.45. The Morgan fingerprint density at radius 3 is 2.82 bits per heavy atom. The Morgan fingerprint density at radius 2 is 2.27 bits per heavy atom. The molecule has 1 saturated heterocycles. The standard InChI is InChI=1S/C11H17N2O8P/c1-6-4-13(10(16)12-9(6)15)8-3-7(21-22(17)18)11(5-14,19-2)20-8/h4,7-8,14,22H,3,5H2,1-2H3,(H,17,18)(H,12,15,16)/t7?,8-,11-/m1/s1. The monoisotopic (exact) mass is 336 g/mol. The van der Waals surface area contributed by atoms with Crippen molar-refractivity contribution in [3.8, 4) is 0 Å². The molecule has 4 atom stereocenters. The van der Waals surface area contributed by atoms with Crippen LogP contribution in [0.25, 0.3) is 0 Å². The van der Waals surface area contributed by atoms with E-state index in [-0.39, 0.29) is 12.0 Å². The van der Waals surface area contributed by atoms with Gasteiger partial charge in [0.1, 0.15) is 12.3 Å². The number of hydrogen-bond acceptors (Lipinski definition) is 7. The van der Waals surface area contributed by atoms with Crippen molar-refractivity contribution in [3.63, 3.8) is 0 Å². The molecule has 0 aliphatic carbocycles. The predicted molar refractivity (Wildman–Crippen MR) is 73.7 cm³/mol. The van der Waals surface area contributed by atoms with Gasteiger partial charge < -0.3 is 24.0 Å². The van der Waals surface area contributed by atoms with Gasteiger partial charge in [0.05, 0.1) is 6.61 Å². The number of aryl methyl sites for hydroxylation is 1. The van der Waals surface area contributed by atoms with Gasteiger partial charge in [-0.1, -0.05) is 0 Å². The molecule has 2 unspecified atom stereocenters. The molecule has 1 aliphatic heterocycles. The molecule has 1 fully saturated rings. The summed E-state index contributed by atoms with van der Waals surface area (Å²) in [6.45, 7) is 0.872. The molecule has 0 amide bonds. The second kappa shape index (κ2) is 6.45. The van der Waals surface area contributed by atoms with Crippen molar-refractivity contribution < 1.29 is 28.6 Å². The number of rotatable bonds is 5. The van der Waals surface area contributed by atoms with E-state index in [9.17, 15) is 19.3 Å². The molecule has 1 aromatic heterocycles. The van der Waals surface area contributed by atoms with Crippen LogP contribution in [0.15, 0.2) is 15.8 Å². The second-order valence-electron chi connectivity index (χ2n) is 4.83. The number of aromatic nitrogens is 2. The second-order valence-corrected chi connectivity index (χ2v) is 5.60. The molecule has 0 radical (unpaired) electrons. The average Bonchev–Trinajstić information content (AvgIpc) is 2.81. The van der Waals surface area contributed by atoms with Crippen molar-refractivity contribution in [2.45, 2.75) is 31.5 Å². The Hall–Kier alpha value is -1.29. The third kappa shape index (κ3) is 3.07. The maximum absolute atomic E-state index is 11.9. The molecule has 11 heteroatoms. The van der Waals surface area contributed by atoms with Crippen LogP contribution >= 0.6 is 8.25 Å². The molecule has 3 N–H and O–H groups in total. The maximum atomic E-state index is 11.9. The third-order valence-electron chi connectivity index (χ3n) is 3.51. The first-order chi connectivity index (χ1) is 10.3. The number of aromatic amines is 1. The van der Waals surface area contributed by atoms with Crippen LogP contribution in [0, 0.1) is 6.92 Å². The first-order valence-corrected chi connectivity index (χ1v) is 7.65. The highest BCUT2D eigenvalue weighted by atomic mass is 31.1. The zero-order valence-corrected chi connectivity index (χ0v) is 12.9. The Labute approximate surface area is 125 Å². The molecule has 0 spiro atoms. The van der Waals surface area contributed by atoms with E-state index in [2.05, 4.69) is 4.98 Å². The zero-order chi connectivity index (χ0) is 16.5. The maximum Gasteiger partial charge on any atom is 0.330 e. The number of hydrogen-bond donors (Lipinski definition) is 3. The van der Waals surface area contributed by atoms with E-state index in [0.717, 1.165) is 4.57 Å². The first kappa shape index (κ1) is 17.1. The van der Waals surface area contributed by atoms with Crippen LogP contribution in [-0.2, 0) is 18.6 Å². The van der Waals surface area contributed by atoms with E-state index in [1.54, 1.807) is 0 Å². The van der Waals surface area contributed by atoms with Gasteiger partial charge in [-0.15, -0.1) is 0 Å². The normalized spacial score (nSPS) is 29.6. The van der Waals surface area contributed by atoms with E-state index in [4.69, 9.17) is 18.9 Å². The van der Waals surface area contributed by atoms with Crippen LogP contribution in [0.4, 0.5) is 0 Å². The van der Waals surface area contributed by atoms with E-state index >= 15 is 0 Å². The topological polar surface area (TPSA) is 140 Å². The third-order valence-corrected chi connectivity index (χ3v) is 3.99. The molecule has 2 rings (SSSR count). The molecule has 1 aliphatic rings. The summed E-state index contributed by atoms with van der Waals surface area (Å²) in [7, 11) is -2.06. The van der Waals surface area contributed by atoms with Crippen molar-refractivity contribution in [1.29, 1.82) is 0 Å². The number of aliphatic hydroxyl groups excluding tert-OH is 1. The van der Waals surface area contributed by atoms with E-state index in [1.807, 2.05) is 0 Å². The number of nitrogens with one attached hydrogen (secondary N) is 1. The highest BCUT2D eigenvalue weighted by Crippen LogP contribution is 2.41. The van der Waals surface area contributed by atoms with Crippen LogP contribution in [0.2, 0.25) is 0 Å². The summed E-state index contributed by atoms with van der Waals surface area (Å²) in [6, 6.07) is 0. The lowest BCUT2D eigenvalue weighted by molar-refractivity contribution is -0.266. The van der Waals surface area contributed by atoms with Gasteiger partial charge in [-0.05, 0) is 6.92 Å². The van der Waals surface area contributed by atoms with Gasteiger partial charge in [-0.2, -0.15) is 0 Å². The fraction of sp³-hybridized carbons (Fsp3) is 0.636. The van der Waals surface area contributed by atoms with E-state index in [1.165, 1.54) is 20.2 Å². The number of nitrogens with zero attached hydrogens (tertiary/aromatic N) is 1. The number of H-pyrrole nitrogens is 1. The summed E-state index contributed by atoms with van der Waals surface area (Å²) >= 11 is 0. The van der Waals surface area contributed by atoms with Crippen molar-refractivity contribution in [2.75, 3.05) is 13.7 Å². The summed E-state index contributed by atoms with van der Waals surface area (Å²) in [5, 5.41) is 9.48. The van der Waals surface area contributed by atoms with Gasteiger partial charge in [0.2, 0.25) is 5.79 Å². The van der Waals surface area contributed by atoms with Gasteiger partial charge in [-0.3, -0.25) is 18.9 Å². The lowest BCUT2D eigenvalue weighted by Gasteiger charge is -2.29. The summed E-state index contributed by atoms with van der Waals surface area (Å²) in [5.74, 6) is -1.67. The van der Waals surface area contributed by atoms with Gasteiger partial charge >= 0.3 is 13.9 Å². The first-order valence-electron chi connectivity index (χ1n) is 6.38. The Balaban J connectivity index is 2.39. The average molecular weight is 336 g/mol. The zero-order valence-electron chi connectivity index (χ0n) is 11.9. The fourth-order valence-corrected chi connectivity index (χ4v) is 2.85. The summed E-state index contributed by atoms with van der Waals surface area (Å²) in [5.41, 5.74) is -0.941. The molecular weight excluding hydrogens is 319 g/mol. The summed E-state index contributed by atoms with van der Waals surface area (Å²) in [4.78, 5) is 34.3. The Morgan fingerprint density at radius 1 is 1.59 bits per heavy atom. The number of methoxy groups -OCH3 is 1. The van der Waals surface area contributed by atoms with Crippen molar-refractivity contribution in [2.24, 2.45) is 0 Å². The predicted octanol–water partition coefficient (Wildman–Crippen LogP) is -1.13. The summed E-state index contributed by atoms with van der Waals surface area (Å²) < 4.78 is 27.5. The SMILES string of the molecule is CO[C@]1(CO)O[C@@H](n2cc(C)c(=O)[nH]c2=O)CC1O[PH](=O)O. The molecule has 0 saturated carbocycles. The van der Waals surface area contributed by atoms with Gasteiger partial charge in [0, 0.05) is 25.3 Å². The minimum Gasteiger partial charge on any atom is -0.391 e. The highest BCUT2D eigenvalue weighted by Gasteiger charge is 2.51. The largest absolute Gasteiger partial charge is 0.391 e. The highest BCUT2D eigenvalue weighted by molar-refractivity contribution is 7.32. The number of ether oxygens (including phenoxy) is 2. The van der Waals surface area contributed by atoms with Crippen LogP contribution in [-0.4, -0.2) is 45.2 Å². The lowest BCUT2D eigenvalue weighted by atomic mass is 10.1. The van der Waals surface area contributed by atoms with Crippen molar-refractivity contribution in [3.05, 3.63) is 32.6 Å².